The Balaban J connectivity index is 1.95. The van der Waals surface area contributed by atoms with Gasteiger partial charge < -0.3 is 10.4 Å². The molecule has 2 unspecified atom stereocenters. The molecule has 2 atom stereocenters. The third-order valence-electron chi connectivity index (χ3n) is 3.75. The van der Waals surface area contributed by atoms with Crippen molar-refractivity contribution in [3.63, 3.8) is 0 Å². The Hall–Kier alpha value is -1.23. The van der Waals surface area contributed by atoms with E-state index in [9.17, 15) is 9.50 Å². The van der Waals surface area contributed by atoms with Crippen LogP contribution in [0.25, 0.3) is 0 Å². The zero-order chi connectivity index (χ0) is 14.1. The predicted molar refractivity (Wildman–Crippen MR) is 79.9 cm³/mol. The van der Waals surface area contributed by atoms with Crippen LogP contribution < -0.4 is 5.32 Å². The van der Waals surface area contributed by atoms with E-state index in [2.05, 4.69) is 27.3 Å². The molecule has 0 radical (unpaired) electrons. The van der Waals surface area contributed by atoms with Gasteiger partial charge in [0.05, 0.1) is 16.6 Å². The van der Waals surface area contributed by atoms with Crippen LogP contribution in [0.3, 0.4) is 0 Å². The summed E-state index contributed by atoms with van der Waals surface area (Å²) in [6.07, 6.45) is 0.188. The molecular formula is C16H15BrFNO. The minimum Gasteiger partial charge on any atom is -0.386 e. The molecular weight excluding hydrogens is 321 g/mol. The minimum atomic E-state index is -0.765. The molecule has 2 aromatic rings. The second-order valence-corrected chi connectivity index (χ2v) is 5.85. The molecule has 0 bridgehead atoms. The van der Waals surface area contributed by atoms with Gasteiger partial charge in [-0.05, 0) is 57.7 Å². The molecule has 104 valence electrons. The van der Waals surface area contributed by atoms with Gasteiger partial charge in [0.15, 0.2) is 0 Å². The standard InChI is InChI=1S/C16H15BrFNO/c17-13-6-5-11(9-14(13)18)16(20)15-12-4-2-1-3-10(12)7-8-19-15/h1-6,9,15-16,19-20H,7-8H2. The molecule has 1 aliphatic rings. The van der Waals surface area contributed by atoms with E-state index in [4.69, 9.17) is 0 Å². The second kappa shape index (κ2) is 5.64. The molecule has 0 amide bonds. The lowest BCUT2D eigenvalue weighted by atomic mass is 9.88. The fraction of sp³-hybridized carbons (Fsp3) is 0.250. The molecule has 0 saturated carbocycles. The van der Waals surface area contributed by atoms with E-state index >= 15 is 0 Å². The molecule has 4 heteroatoms. The highest BCUT2D eigenvalue weighted by atomic mass is 79.9. The number of rotatable bonds is 2. The Labute approximate surface area is 125 Å². The highest BCUT2D eigenvalue weighted by Crippen LogP contribution is 2.34. The van der Waals surface area contributed by atoms with Crippen molar-refractivity contribution in [2.45, 2.75) is 18.6 Å². The highest BCUT2D eigenvalue weighted by molar-refractivity contribution is 9.10. The first-order chi connectivity index (χ1) is 9.66. The largest absolute Gasteiger partial charge is 0.386 e. The first-order valence-electron chi connectivity index (χ1n) is 6.61. The van der Waals surface area contributed by atoms with E-state index < -0.39 is 6.10 Å². The van der Waals surface area contributed by atoms with Crippen LogP contribution in [0.15, 0.2) is 46.9 Å². The molecule has 2 N–H and O–H groups in total. The van der Waals surface area contributed by atoms with Crippen molar-refractivity contribution in [3.8, 4) is 0 Å². The van der Waals surface area contributed by atoms with Crippen molar-refractivity contribution in [2.75, 3.05) is 6.54 Å². The minimum absolute atomic E-state index is 0.194. The Bertz CT molecular complexity index is 632. The van der Waals surface area contributed by atoms with Crippen LogP contribution in [-0.4, -0.2) is 11.7 Å². The third-order valence-corrected chi connectivity index (χ3v) is 4.39. The summed E-state index contributed by atoms with van der Waals surface area (Å²) >= 11 is 3.13. The van der Waals surface area contributed by atoms with Crippen molar-refractivity contribution in [2.24, 2.45) is 0 Å². The summed E-state index contributed by atoms with van der Waals surface area (Å²) in [6, 6.07) is 12.6. The van der Waals surface area contributed by atoms with Crippen LogP contribution in [0.4, 0.5) is 4.39 Å². The van der Waals surface area contributed by atoms with Gasteiger partial charge in [-0.25, -0.2) is 4.39 Å². The van der Waals surface area contributed by atoms with Crippen LogP contribution in [0.5, 0.6) is 0 Å². The molecule has 0 aliphatic carbocycles. The van der Waals surface area contributed by atoms with Crippen molar-refractivity contribution in [1.82, 2.24) is 5.32 Å². The topological polar surface area (TPSA) is 32.3 Å². The summed E-state index contributed by atoms with van der Waals surface area (Å²) in [5, 5.41) is 13.9. The molecule has 2 nitrogen and oxygen atoms in total. The van der Waals surface area contributed by atoms with Gasteiger partial charge in [-0.15, -0.1) is 0 Å². The van der Waals surface area contributed by atoms with E-state index in [1.807, 2.05) is 18.2 Å². The fourth-order valence-electron chi connectivity index (χ4n) is 2.71. The summed E-state index contributed by atoms with van der Waals surface area (Å²) in [7, 11) is 0. The molecule has 1 aliphatic heterocycles. The third kappa shape index (κ3) is 2.51. The second-order valence-electron chi connectivity index (χ2n) is 5.00. The number of fused-ring (bicyclic) bond motifs is 1. The lowest BCUT2D eigenvalue weighted by Crippen LogP contribution is -2.33. The molecule has 20 heavy (non-hydrogen) atoms. The molecule has 2 aromatic carbocycles. The summed E-state index contributed by atoms with van der Waals surface area (Å²) in [6.45, 7) is 0.817. The Morgan fingerprint density at radius 3 is 2.85 bits per heavy atom. The normalized spacial score (nSPS) is 19.4. The number of hydrogen-bond donors (Lipinski definition) is 2. The summed E-state index contributed by atoms with van der Waals surface area (Å²) in [4.78, 5) is 0. The SMILES string of the molecule is OC(c1ccc(Br)c(F)c1)C1NCCc2ccccc21. The quantitative estimate of drug-likeness (QED) is 0.880. The average Bonchev–Trinajstić information content (AvgIpc) is 2.49. The Morgan fingerprint density at radius 1 is 1.25 bits per heavy atom. The predicted octanol–water partition coefficient (Wildman–Crippen LogP) is 3.51. The maximum absolute atomic E-state index is 13.6. The maximum Gasteiger partial charge on any atom is 0.137 e. The van der Waals surface area contributed by atoms with E-state index in [-0.39, 0.29) is 11.9 Å². The number of aliphatic hydroxyl groups excluding tert-OH is 1. The van der Waals surface area contributed by atoms with Crippen LogP contribution in [0.2, 0.25) is 0 Å². The molecule has 3 rings (SSSR count). The van der Waals surface area contributed by atoms with Crippen LogP contribution >= 0.6 is 15.9 Å². The maximum atomic E-state index is 13.6. The van der Waals surface area contributed by atoms with Gasteiger partial charge in [-0.2, -0.15) is 0 Å². The number of benzene rings is 2. The molecule has 0 spiro atoms. The zero-order valence-electron chi connectivity index (χ0n) is 10.8. The van der Waals surface area contributed by atoms with Crippen molar-refractivity contribution in [1.29, 1.82) is 0 Å². The van der Waals surface area contributed by atoms with Gasteiger partial charge >= 0.3 is 0 Å². The molecule has 0 aromatic heterocycles. The van der Waals surface area contributed by atoms with E-state index in [1.54, 1.807) is 12.1 Å². The molecule has 0 fully saturated rings. The Kier molecular flexibility index (Phi) is 3.87. The number of nitrogens with one attached hydrogen (secondary N) is 1. The van der Waals surface area contributed by atoms with Gasteiger partial charge in [0, 0.05) is 0 Å². The van der Waals surface area contributed by atoms with Gasteiger partial charge in [0.1, 0.15) is 5.82 Å². The molecule has 0 saturated heterocycles. The van der Waals surface area contributed by atoms with Crippen LogP contribution in [-0.2, 0) is 6.42 Å². The van der Waals surface area contributed by atoms with Gasteiger partial charge in [-0.3, -0.25) is 0 Å². The van der Waals surface area contributed by atoms with Gasteiger partial charge in [0.2, 0.25) is 0 Å². The summed E-state index contributed by atoms with van der Waals surface area (Å²) in [5.74, 6) is -0.356. The lowest BCUT2D eigenvalue weighted by Gasteiger charge is -2.31. The van der Waals surface area contributed by atoms with Crippen molar-refractivity contribution >= 4 is 15.9 Å². The van der Waals surface area contributed by atoms with Gasteiger partial charge in [0.25, 0.3) is 0 Å². The Morgan fingerprint density at radius 2 is 2.05 bits per heavy atom. The van der Waals surface area contributed by atoms with E-state index in [0.717, 1.165) is 18.5 Å². The smallest absolute Gasteiger partial charge is 0.137 e. The average molecular weight is 336 g/mol. The number of aliphatic hydroxyl groups is 1. The van der Waals surface area contributed by atoms with Crippen LogP contribution in [0.1, 0.15) is 28.8 Å². The lowest BCUT2D eigenvalue weighted by molar-refractivity contribution is 0.125. The number of halogens is 2. The van der Waals surface area contributed by atoms with Gasteiger partial charge in [-0.1, -0.05) is 30.3 Å². The number of hydrogen-bond acceptors (Lipinski definition) is 2. The van der Waals surface area contributed by atoms with Crippen molar-refractivity contribution in [3.05, 3.63) is 69.4 Å². The molecule has 1 heterocycles. The summed E-state index contributed by atoms with van der Waals surface area (Å²) < 4.78 is 14.0. The fourth-order valence-corrected chi connectivity index (χ4v) is 2.95. The first-order valence-corrected chi connectivity index (χ1v) is 7.40. The highest BCUT2D eigenvalue weighted by Gasteiger charge is 2.27. The monoisotopic (exact) mass is 335 g/mol. The van der Waals surface area contributed by atoms with Crippen molar-refractivity contribution < 1.29 is 9.50 Å². The zero-order valence-corrected chi connectivity index (χ0v) is 12.4. The summed E-state index contributed by atoms with van der Waals surface area (Å²) in [5.41, 5.74) is 2.92. The first kappa shape index (κ1) is 13.7. The van der Waals surface area contributed by atoms with Crippen LogP contribution in [0, 0.1) is 5.82 Å². The van der Waals surface area contributed by atoms with E-state index in [1.165, 1.54) is 11.6 Å². The van der Waals surface area contributed by atoms with E-state index in [0.29, 0.717) is 10.0 Å².